The lowest BCUT2D eigenvalue weighted by atomic mass is 10.0. The molecule has 1 N–H and O–H groups in total. The highest BCUT2D eigenvalue weighted by Crippen LogP contribution is 2.27. The Kier molecular flexibility index (Phi) is 5.62. The van der Waals surface area contributed by atoms with Crippen LogP contribution in [-0.2, 0) is 4.79 Å². The van der Waals surface area contributed by atoms with E-state index in [-0.39, 0.29) is 5.91 Å². The maximum Gasteiger partial charge on any atom is 0.248 e. The molecule has 2 nitrogen and oxygen atoms in total. The van der Waals surface area contributed by atoms with Crippen LogP contribution in [0.2, 0.25) is 5.02 Å². The molecular formula is C20H22ClNO. The predicted molar refractivity (Wildman–Crippen MR) is 99.1 cm³/mol. The van der Waals surface area contributed by atoms with Gasteiger partial charge in [0.2, 0.25) is 5.91 Å². The maximum atomic E-state index is 12.1. The molecule has 0 bridgehead atoms. The van der Waals surface area contributed by atoms with Crippen LogP contribution in [0, 0.1) is 13.8 Å². The second-order valence-electron chi connectivity index (χ2n) is 6.08. The van der Waals surface area contributed by atoms with Crippen LogP contribution in [0.1, 0.15) is 42.0 Å². The summed E-state index contributed by atoms with van der Waals surface area (Å²) in [6.07, 6.45) is 3.33. The molecule has 0 radical (unpaired) electrons. The lowest BCUT2D eigenvalue weighted by Gasteiger charge is -2.10. The van der Waals surface area contributed by atoms with Gasteiger partial charge in [-0.3, -0.25) is 4.79 Å². The normalized spacial score (nSPS) is 11.2. The quantitative estimate of drug-likeness (QED) is 0.713. The van der Waals surface area contributed by atoms with Crippen LogP contribution >= 0.6 is 11.6 Å². The number of benzene rings is 2. The first-order valence-corrected chi connectivity index (χ1v) is 8.10. The number of carbonyl (C=O) groups excluding carboxylic acids is 1. The van der Waals surface area contributed by atoms with Gasteiger partial charge in [-0.05, 0) is 54.2 Å². The molecule has 1 amide bonds. The second-order valence-corrected chi connectivity index (χ2v) is 6.49. The fourth-order valence-electron chi connectivity index (χ4n) is 2.40. The standard InChI is InChI=1S/C20H22ClNO/c1-13(2)17-8-5-16(6-9-17)7-10-19(23)22-20-15(4)11-14(3)12-18(20)21/h5-13H,1-4H3,(H,22,23)/b10-7+. The van der Waals surface area contributed by atoms with Crippen LogP contribution in [-0.4, -0.2) is 5.91 Å². The highest BCUT2D eigenvalue weighted by molar-refractivity contribution is 6.34. The van der Waals surface area contributed by atoms with Gasteiger partial charge in [0.1, 0.15) is 0 Å². The van der Waals surface area contributed by atoms with Gasteiger partial charge in [-0.25, -0.2) is 0 Å². The zero-order valence-corrected chi connectivity index (χ0v) is 14.7. The Bertz CT molecular complexity index is 707. The number of anilines is 1. The summed E-state index contributed by atoms with van der Waals surface area (Å²) in [5.74, 6) is 0.315. The molecule has 0 aliphatic heterocycles. The predicted octanol–water partition coefficient (Wildman–Crippen LogP) is 5.73. The average molecular weight is 328 g/mol. The van der Waals surface area contributed by atoms with E-state index in [0.29, 0.717) is 16.6 Å². The van der Waals surface area contributed by atoms with Crippen LogP contribution in [0.4, 0.5) is 5.69 Å². The molecule has 0 aliphatic carbocycles. The van der Waals surface area contributed by atoms with Gasteiger partial charge in [-0.2, -0.15) is 0 Å². The number of rotatable bonds is 4. The Morgan fingerprint density at radius 3 is 2.35 bits per heavy atom. The fourth-order valence-corrected chi connectivity index (χ4v) is 2.77. The summed E-state index contributed by atoms with van der Waals surface area (Å²) >= 11 is 6.20. The Balaban J connectivity index is 2.07. The van der Waals surface area contributed by atoms with Gasteiger partial charge in [0.15, 0.2) is 0 Å². The van der Waals surface area contributed by atoms with Crippen molar-refractivity contribution in [3.05, 3.63) is 69.8 Å². The number of carbonyl (C=O) groups is 1. The largest absolute Gasteiger partial charge is 0.321 e. The van der Waals surface area contributed by atoms with Gasteiger partial charge in [0, 0.05) is 6.08 Å². The van der Waals surface area contributed by atoms with E-state index in [2.05, 4.69) is 31.3 Å². The Labute approximate surface area is 143 Å². The molecule has 0 atom stereocenters. The van der Waals surface area contributed by atoms with Crippen molar-refractivity contribution in [1.29, 1.82) is 0 Å². The zero-order valence-electron chi connectivity index (χ0n) is 14.0. The van der Waals surface area contributed by atoms with Crippen molar-refractivity contribution in [2.24, 2.45) is 0 Å². The molecule has 23 heavy (non-hydrogen) atoms. The van der Waals surface area contributed by atoms with Crippen LogP contribution in [0.5, 0.6) is 0 Å². The van der Waals surface area contributed by atoms with Crippen LogP contribution in [0.15, 0.2) is 42.5 Å². The van der Waals surface area contributed by atoms with Crippen molar-refractivity contribution in [1.82, 2.24) is 0 Å². The molecule has 0 heterocycles. The smallest absolute Gasteiger partial charge is 0.248 e. The third-order valence-corrected chi connectivity index (χ3v) is 4.01. The van der Waals surface area contributed by atoms with Crippen molar-refractivity contribution in [3.8, 4) is 0 Å². The number of aryl methyl sites for hydroxylation is 2. The Morgan fingerprint density at radius 1 is 1.13 bits per heavy atom. The minimum absolute atomic E-state index is 0.188. The van der Waals surface area contributed by atoms with Crippen LogP contribution < -0.4 is 5.32 Å². The van der Waals surface area contributed by atoms with Crippen LogP contribution in [0.3, 0.4) is 0 Å². The van der Waals surface area contributed by atoms with E-state index < -0.39 is 0 Å². The van der Waals surface area contributed by atoms with Gasteiger partial charge in [0.05, 0.1) is 10.7 Å². The van der Waals surface area contributed by atoms with Gasteiger partial charge in [-0.15, -0.1) is 0 Å². The molecule has 0 fully saturated rings. The van der Waals surface area contributed by atoms with Crippen molar-refractivity contribution in [2.45, 2.75) is 33.6 Å². The molecule has 2 aromatic carbocycles. The fraction of sp³-hybridized carbons (Fsp3) is 0.250. The van der Waals surface area contributed by atoms with Gasteiger partial charge in [0.25, 0.3) is 0 Å². The summed E-state index contributed by atoms with van der Waals surface area (Å²) in [5.41, 5.74) is 4.98. The summed E-state index contributed by atoms with van der Waals surface area (Å²) in [5, 5.41) is 3.41. The lowest BCUT2D eigenvalue weighted by Crippen LogP contribution is -2.09. The minimum atomic E-state index is -0.188. The summed E-state index contributed by atoms with van der Waals surface area (Å²) in [6, 6.07) is 12.0. The first kappa shape index (κ1) is 17.3. The van der Waals surface area contributed by atoms with Gasteiger partial charge < -0.3 is 5.32 Å². The van der Waals surface area contributed by atoms with E-state index in [1.807, 2.05) is 38.1 Å². The minimum Gasteiger partial charge on any atom is -0.321 e. The summed E-state index contributed by atoms with van der Waals surface area (Å²) in [4.78, 5) is 12.1. The Hall–Kier alpha value is -2.06. The van der Waals surface area contributed by atoms with E-state index in [0.717, 1.165) is 16.7 Å². The first-order valence-electron chi connectivity index (χ1n) is 7.72. The van der Waals surface area contributed by atoms with Crippen LogP contribution in [0.25, 0.3) is 6.08 Å². The first-order chi connectivity index (χ1) is 10.9. The monoisotopic (exact) mass is 327 g/mol. The second kappa shape index (κ2) is 7.47. The van der Waals surface area contributed by atoms with E-state index in [1.54, 1.807) is 6.08 Å². The van der Waals surface area contributed by atoms with E-state index in [9.17, 15) is 4.79 Å². The lowest BCUT2D eigenvalue weighted by molar-refractivity contribution is -0.111. The summed E-state index contributed by atoms with van der Waals surface area (Å²) < 4.78 is 0. The zero-order chi connectivity index (χ0) is 17.0. The molecule has 2 rings (SSSR count). The Morgan fingerprint density at radius 2 is 1.78 bits per heavy atom. The summed E-state index contributed by atoms with van der Waals surface area (Å²) in [7, 11) is 0. The topological polar surface area (TPSA) is 29.1 Å². The van der Waals surface area contributed by atoms with E-state index >= 15 is 0 Å². The number of halogens is 1. The molecule has 0 saturated heterocycles. The highest BCUT2D eigenvalue weighted by Gasteiger charge is 2.07. The molecular weight excluding hydrogens is 306 g/mol. The number of nitrogens with one attached hydrogen (secondary N) is 1. The molecule has 0 aliphatic rings. The van der Waals surface area contributed by atoms with Gasteiger partial charge >= 0.3 is 0 Å². The molecule has 0 aromatic heterocycles. The van der Waals surface area contributed by atoms with Crippen molar-refractivity contribution < 1.29 is 4.79 Å². The molecule has 120 valence electrons. The molecule has 0 spiro atoms. The van der Waals surface area contributed by atoms with Crippen molar-refractivity contribution in [2.75, 3.05) is 5.32 Å². The number of hydrogen-bond donors (Lipinski definition) is 1. The van der Waals surface area contributed by atoms with E-state index in [4.69, 9.17) is 11.6 Å². The number of hydrogen-bond acceptors (Lipinski definition) is 1. The third kappa shape index (κ3) is 4.70. The van der Waals surface area contributed by atoms with E-state index in [1.165, 1.54) is 11.6 Å². The van der Waals surface area contributed by atoms with Crippen molar-refractivity contribution in [3.63, 3.8) is 0 Å². The molecule has 2 aromatic rings. The maximum absolute atomic E-state index is 12.1. The highest BCUT2D eigenvalue weighted by atomic mass is 35.5. The number of amides is 1. The average Bonchev–Trinajstić information content (AvgIpc) is 2.49. The third-order valence-electron chi connectivity index (χ3n) is 3.71. The molecule has 0 saturated carbocycles. The summed E-state index contributed by atoms with van der Waals surface area (Å²) in [6.45, 7) is 8.23. The van der Waals surface area contributed by atoms with Crippen molar-refractivity contribution >= 4 is 29.3 Å². The van der Waals surface area contributed by atoms with Gasteiger partial charge in [-0.1, -0.05) is 55.8 Å². The molecule has 3 heteroatoms. The molecule has 0 unspecified atom stereocenters. The SMILES string of the molecule is Cc1cc(C)c(NC(=O)/C=C/c2ccc(C(C)C)cc2)c(Cl)c1.